The second-order valence-electron chi connectivity index (χ2n) is 12.9. The molecule has 3 N–H and O–H groups in total. The van der Waals surface area contributed by atoms with Crippen molar-refractivity contribution in [3.8, 4) is 0 Å². The first-order valence-electron chi connectivity index (χ1n) is 14.7. The van der Waals surface area contributed by atoms with E-state index in [4.69, 9.17) is 18.9 Å². The molecular formula is C30H53NO10. The number of likely N-dealkylation sites (N-methyl/N-ethyl adjacent to an activating group) is 1. The fourth-order valence-corrected chi connectivity index (χ4v) is 6.43. The number of hydrogen-bond acceptors (Lipinski definition) is 11. The lowest BCUT2D eigenvalue weighted by molar-refractivity contribution is -0.295. The van der Waals surface area contributed by atoms with E-state index in [1.165, 1.54) is 27.9 Å². The Bertz CT molecular complexity index is 925. The van der Waals surface area contributed by atoms with Gasteiger partial charge in [-0.2, -0.15) is 0 Å². The van der Waals surface area contributed by atoms with Gasteiger partial charge in [-0.25, -0.2) is 0 Å². The highest BCUT2D eigenvalue weighted by molar-refractivity contribution is 6.00. The Labute approximate surface area is 244 Å². The smallest absolute Gasteiger partial charge is 0.316 e. The maximum absolute atomic E-state index is 13.8. The van der Waals surface area contributed by atoms with E-state index >= 15 is 0 Å². The zero-order valence-corrected chi connectivity index (χ0v) is 26.6. The van der Waals surface area contributed by atoms with Crippen LogP contribution in [0.15, 0.2) is 0 Å². The number of cyclic esters (lactones) is 1. The quantitative estimate of drug-likeness (QED) is 0.318. The molecule has 0 aliphatic carbocycles. The van der Waals surface area contributed by atoms with Gasteiger partial charge < -0.3 is 39.2 Å². The summed E-state index contributed by atoms with van der Waals surface area (Å²) >= 11 is 0. The summed E-state index contributed by atoms with van der Waals surface area (Å²) in [4.78, 5) is 42.5. The van der Waals surface area contributed by atoms with Crippen LogP contribution in [0.2, 0.25) is 0 Å². The summed E-state index contributed by atoms with van der Waals surface area (Å²) in [5, 5.41) is 33.5. The summed E-state index contributed by atoms with van der Waals surface area (Å²) in [6.07, 6.45) is -5.31. The molecule has 238 valence electrons. The van der Waals surface area contributed by atoms with Gasteiger partial charge in [0.1, 0.15) is 29.5 Å². The van der Waals surface area contributed by atoms with Crippen molar-refractivity contribution in [3.05, 3.63) is 0 Å². The molecule has 2 aliphatic rings. The van der Waals surface area contributed by atoms with Crippen molar-refractivity contribution in [2.24, 2.45) is 23.7 Å². The monoisotopic (exact) mass is 587 g/mol. The number of nitrogens with zero attached hydrogens (tertiary/aromatic N) is 1. The minimum Gasteiger partial charge on any atom is -0.459 e. The van der Waals surface area contributed by atoms with Crippen LogP contribution < -0.4 is 0 Å². The second kappa shape index (κ2) is 13.9. The number of ether oxygens (including phenoxy) is 4. The average molecular weight is 588 g/mol. The van der Waals surface area contributed by atoms with E-state index in [2.05, 4.69) is 0 Å². The predicted octanol–water partition coefficient (Wildman–Crippen LogP) is 1.72. The summed E-state index contributed by atoms with van der Waals surface area (Å²) in [5.41, 5.74) is -3.20. The van der Waals surface area contributed by atoms with Gasteiger partial charge in [-0.05, 0) is 61.1 Å². The molecule has 2 rings (SSSR count). The Morgan fingerprint density at radius 3 is 2.10 bits per heavy atom. The van der Waals surface area contributed by atoms with Gasteiger partial charge in [0.15, 0.2) is 12.1 Å². The van der Waals surface area contributed by atoms with E-state index in [1.54, 1.807) is 27.7 Å². The predicted molar refractivity (Wildman–Crippen MR) is 151 cm³/mol. The van der Waals surface area contributed by atoms with Gasteiger partial charge in [-0.3, -0.25) is 14.4 Å². The third-order valence-electron chi connectivity index (χ3n) is 9.31. The van der Waals surface area contributed by atoms with Crippen molar-refractivity contribution in [1.82, 2.24) is 4.90 Å². The molecule has 11 heteroatoms. The number of carbonyl (C=O) groups is 3. The zero-order valence-electron chi connectivity index (χ0n) is 26.6. The minimum atomic E-state index is -1.94. The second-order valence-corrected chi connectivity index (χ2v) is 12.9. The van der Waals surface area contributed by atoms with Gasteiger partial charge in [0.25, 0.3) is 0 Å². The van der Waals surface area contributed by atoms with Crippen LogP contribution in [0.5, 0.6) is 0 Å². The van der Waals surface area contributed by atoms with E-state index in [-0.39, 0.29) is 30.8 Å². The van der Waals surface area contributed by atoms with Crippen molar-refractivity contribution < 1.29 is 48.7 Å². The van der Waals surface area contributed by atoms with Gasteiger partial charge in [0.2, 0.25) is 0 Å². The summed E-state index contributed by atoms with van der Waals surface area (Å²) < 4.78 is 24.0. The van der Waals surface area contributed by atoms with Crippen LogP contribution >= 0.6 is 0 Å². The first kappa shape index (κ1) is 35.7. The zero-order chi connectivity index (χ0) is 31.6. The molecule has 0 aromatic rings. The van der Waals surface area contributed by atoms with Gasteiger partial charge >= 0.3 is 5.97 Å². The molecule has 2 fully saturated rings. The Morgan fingerprint density at radius 1 is 1.00 bits per heavy atom. The molecule has 0 aromatic carbocycles. The molecule has 0 radical (unpaired) electrons. The normalized spacial score (nSPS) is 45.8. The van der Waals surface area contributed by atoms with Crippen molar-refractivity contribution in [2.75, 3.05) is 21.2 Å². The lowest BCUT2D eigenvalue weighted by Gasteiger charge is -2.47. The molecule has 0 aromatic heterocycles. The lowest BCUT2D eigenvalue weighted by Crippen LogP contribution is -2.60. The number of methoxy groups -OCH3 is 1. The van der Waals surface area contributed by atoms with Crippen LogP contribution in [0.4, 0.5) is 0 Å². The highest BCUT2D eigenvalue weighted by Gasteiger charge is 2.51. The molecular weight excluding hydrogens is 534 g/mol. The maximum Gasteiger partial charge on any atom is 0.316 e. The molecule has 0 unspecified atom stereocenters. The van der Waals surface area contributed by atoms with Gasteiger partial charge in [0, 0.05) is 30.9 Å². The molecule has 2 saturated heterocycles. The standard InChI is InChI=1S/C30H53NO10/c1-12-21-30(8,37)25(35)17(4)22(32)15(2)14-29(7,38-11)26(18(5)23(33)19(6)27(36)40-21)41-28-24(34)20(31(9)10)13-16(3)39-28/h15-21,24-26,28,34-35,37H,12-14H2,1-11H3/t15-,16-,17+,18+,19-,20+,21-,24-,25-,26-,28+,29+,30-/m1/s1. The highest BCUT2D eigenvalue weighted by atomic mass is 16.7. The van der Waals surface area contributed by atoms with Crippen molar-refractivity contribution in [3.63, 3.8) is 0 Å². The van der Waals surface area contributed by atoms with E-state index < -0.39 is 77.3 Å². The number of aliphatic hydroxyl groups is 3. The molecule has 0 amide bonds. The number of carbonyl (C=O) groups excluding carboxylic acids is 3. The van der Waals surface area contributed by atoms with Gasteiger partial charge in [-0.1, -0.05) is 27.7 Å². The summed E-state index contributed by atoms with van der Waals surface area (Å²) in [5.74, 6) is -5.55. The van der Waals surface area contributed by atoms with Crippen LogP contribution in [0.25, 0.3) is 0 Å². The number of Topliss-reactive ketones (excluding diaryl/α,β-unsaturated/α-hetero) is 2. The van der Waals surface area contributed by atoms with E-state index in [1.807, 2.05) is 25.9 Å². The van der Waals surface area contributed by atoms with Crippen molar-refractivity contribution >= 4 is 17.5 Å². The fraction of sp³-hybridized carbons (Fsp3) is 0.900. The molecule has 2 heterocycles. The number of hydrogen-bond donors (Lipinski definition) is 3. The largest absolute Gasteiger partial charge is 0.459 e. The molecule has 13 atom stereocenters. The van der Waals surface area contributed by atoms with Crippen LogP contribution in [-0.2, 0) is 33.3 Å². The summed E-state index contributed by atoms with van der Waals surface area (Å²) in [6.45, 7) is 12.9. The first-order chi connectivity index (χ1) is 18.8. The molecule has 0 bridgehead atoms. The first-order valence-corrected chi connectivity index (χ1v) is 14.7. The third-order valence-corrected chi connectivity index (χ3v) is 9.31. The van der Waals surface area contributed by atoms with Crippen LogP contribution in [0.1, 0.15) is 74.7 Å². The van der Waals surface area contributed by atoms with Gasteiger partial charge in [-0.15, -0.1) is 0 Å². The highest BCUT2D eigenvalue weighted by Crippen LogP contribution is 2.38. The number of ketones is 2. The van der Waals surface area contributed by atoms with Crippen LogP contribution in [0.3, 0.4) is 0 Å². The van der Waals surface area contributed by atoms with E-state index in [0.29, 0.717) is 6.42 Å². The Morgan fingerprint density at radius 2 is 1.59 bits per heavy atom. The minimum absolute atomic E-state index is 0.0926. The van der Waals surface area contributed by atoms with Crippen molar-refractivity contribution in [2.45, 2.75) is 129 Å². The Balaban J connectivity index is 2.61. The van der Waals surface area contributed by atoms with Crippen LogP contribution in [-0.4, -0.2) is 113 Å². The number of aliphatic hydroxyl groups excluding tert-OH is 2. The van der Waals surface area contributed by atoms with Crippen molar-refractivity contribution in [1.29, 1.82) is 0 Å². The third kappa shape index (κ3) is 7.55. The van der Waals surface area contributed by atoms with E-state index in [9.17, 15) is 29.7 Å². The van der Waals surface area contributed by atoms with Gasteiger partial charge in [0.05, 0.1) is 23.9 Å². The SMILES string of the molecule is CC[C@H]1OC(=O)[C@H](C)C(=O)[C@H](C)[C@@H](O[C@@H]2O[C@H](C)C[C@H](N(C)C)[C@H]2O)[C@@](C)(OC)C[C@@H](C)C(=O)[C@H](C)[C@@H](O)[C@]1(C)O. The van der Waals surface area contributed by atoms with E-state index in [0.717, 1.165) is 0 Å². The molecule has 41 heavy (non-hydrogen) atoms. The maximum atomic E-state index is 13.8. The average Bonchev–Trinajstić information content (AvgIpc) is 2.92. The number of esters is 1. The number of rotatable bonds is 5. The fourth-order valence-electron chi connectivity index (χ4n) is 6.43. The Kier molecular flexibility index (Phi) is 12.1. The molecule has 2 aliphatic heterocycles. The molecule has 0 saturated carbocycles. The summed E-state index contributed by atoms with van der Waals surface area (Å²) in [7, 11) is 5.16. The topological polar surface area (TPSA) is 152 Å². The lowest BCUT2D eigenvalue weighted by atomic mass is 9.74. The summed E-state index contributed by atoms with van der Waals surface area (Å²) in [6, 6.07) is -0.266. The molecule has 11 nitrogen and oxygen atoms in total. The van der Waals surface area contributed by atoms with Crippen LogP contribution in [0, 0.1) is 23.7 Å². The molecule has 0 spiro atoms. The Hall–Kier alpha value is -1.47.